The molecule has 0 aliphatic heterocycles. The van der Waals surface area contributed by atoms with Gasteiger partial charge in [-0.2, -0.15) is 0 Å². The molecule has 3 unspecified atom stereocenters. The van der Waals surface area contributed by atoms with E-state index in [2.05, 4.69) is 23.6 Å². The number of carbonyl (C=O) groups excluding carboxylic acids is 1. The normalized spacial score (nSPS) is 23.6. The van der Waals surface area contributed by atoms with Crippen LogP contribution in [0.25, 0.3) is 0 Å². The van der Waals surface area contributed by atoms with Crippen LogP contribution in [0.1, 0.15) is 51.1 Å². The fourth-order valence-corrected chi connectivity index (χ4v) is 3.00. The summed E-state index contributed by atoms with van der Waals surface area (Å²) >= 11 is 0. The molecule has 1 saturated carbocycles. The summed E-state index contributed by atoms with van der Waals surface area (Å²) in [4.78, 5) is 11.1. The maximum absolute atomic E-state index is 11.1. The van der Waals surface area contributed by atoms with E-state index < -0.39 is 0 Å². The van der Waals surface area contributed by atoms with Gasteiger partial charge < -0.3 is 15.7 Å². The molecular formula is C17H26N2O2. The number of hydrogen-bond donors (Lipinski definition) is 3. The summed E-state index contributed by atoms with van der Waals surface area (Å²) in [5.41, 5.74) is 2.00. The maximum atomic E-state index is 11.1. The van der Waals surface area contributed by atoms with Crippen molar-refractivity contribution in [2.75, 3.05) is 11.9 Å². The fraction of sp³-hybridized carbons (Fsp3) is 0.588. The van der Waals surface area contributed by atoms with Gasteiger partial charge in [0.2, 0.25) is 5.91 Å². The zero-order valence-corrected chi connectivity index (χ0v) is 12.9. The van der Waals surface area contributed by atoms with E-state index in [4.69, 9.17) is 0 Å². The Morgan fingerprint density at radius 3 is 2.95 bits per heavy atom. The Morgan fingerprint density at radius 1 is 1.43 bits per heavy atom. The van der Waals surface area contributed by atoms with Crippen LogP contribution in [0.4, 0.5) is 5.69 Å². The Balaban J connectivity index is 1.87. The van der Waals surface area contributed by atoms with Gasteiger partial charge >= 0.3 is 0 Å². The number of benzene rings is 1. The van der Waals surface area contributed by atoms with E-state index in [1.807, 2.05) is 18.2 Å². The number of nitrogens with one attached hydrogen (secondary N) is 2. The first-order valence-electron chi connectivity index (χ1n) is 7.83. The van der Waals surface area contributed by atoms with Crippen LogP contribution in [-0.4, -0.2) is 23.7 Å². The van der Waals surface area contributed by atoms with E-state index in [9.17, 15) is 9.90 Å². The highest BCUT2D eigenvalue weighted by Gasteiger charge is 2.20. The van der Waals surface area contributed by atoms with Gasteiger partial charge in [-0.3, -0.25) is 4.79 Å². The van der Waals surface area contributed by atoms with Crippen LogP contribution in [0.15, 0.2) is 24.3 Å². The van der Waals surface area contributed by atoms with Gasteiger partial charge in [-0.15, -0.1) is 0 Å². The minimum Gasteiger partial charge on any atom is -0.393 e. The molecule has 2 rings (SSSR count). The van der Waals surface area contributed by atoms with Crippen LogP contribution in [0.2, 0.25) is 0 Å². The van der Waals surface area contributed by atoms with E-state index in [0.717, 1.165) is 37.1 Å². The molecule has 21 heavy (non-hydrogen) atoms. The van der Waals surface area contributed by atoms with E-state index in [1.54, 1.807) is 0 Å². The highest BCUT2D eigenvalue weighted by atomic mass is 16.3. The molecule has 1 aliphatic rings. The third kappa shape index (κ3) is 5.14. The molecule has 0 heterocycles. The lowest BCUT2D eigenvalue weighted by atomic mass is 9.87. The van der Waals surface area contributed by atoms with Crippen LogP contribution >= 0.6 is 0 Å². The number of hydrogen-bond acceptors (Lipinski definition) is 3. The average molecular weight is 290 g/mol. The summed E-state index contributed by atoms with van der Waals surface area (Å²) in [6, 6.07) is 8.17. The lowest BCUT2D eigenvalue weighted by Gasteiger charge is -2.27. The number of aliphatic hydroxyl groups is 1. The van der Waals surface area contributed by atoms with Crippen molar-refractivity contribution in [1.82, 2.24) is 5.32 Å². The first-order valence-corrected chi connectivity index (χ1v) is 7.83. The van der Waals surface area contributed by atoms with Gasteiger partial charge in [0.1, 0.15) is 0 Å². The first-order chi connectivity index (χ1) is 10.0. The molecule has 0 saturated heterocycles. The summed E-state index contributed by atoms with van der Waals surface area (Å²) in [6.07, 6.45) is 4.06. The molecule has 1 aromatic rings. The van der Waals surface area contributed by atoms with Crippen molar-refractivity contribution < 1.29 is 9.90 Å². The van der Waals surface area contributed by atoms with Gasteiger partial charge in [-0.25, -0.2) is 0 Å². The van der Waals surface area contributed by atoms with Gasteiger partial charge in [-0.05, 0) is 56.3 Å². The van der Waals surface area contributed by atoms with Crippen LogP contribution in [0.3, 0.4) is 0 Å². The summed E-state index contributed by atoms with van der Waals surface area (Å²) in [7, 11) is 0. The number of rotatable bonds is 5. The molecular weight excluding hydrogens is 264 g/mol. The van der Waals surface area contributed by atoms with Crippen molar-refractivity contribution in [2.45, 2.75) is 51.7 Å². The Hall–Kier alpha value is -1.39. The SMILES string of the molecule is CC(=O)Nc1cccc(C(C)NCC2CCCC(O)C2)c1. The van der Waals surface area contributed by atoms with E-state index in [0.29, 0.717) is 5.92 Å². The zero-order chi connectivity index (χ0) is 15.2. The largest absolute Gasteiger partial charge is 0.393 e. The van der Waals surface area contributed by atoms with E-state index in [-0.39, 0.29) is 18.1 Å². The molecule has 1 fully saturated rings. The molecule has 1 amide bonds. The van der Waals surface area contributed by atoms with Crippen molar-refractivity contribution in [1.29, 1.82) is 0 Å². The number of amides is 1. The molecule has 4 nitrogen and oxygen atoms in total. The standard InChI is InChI=1S/C17H26N2O2/c1-12(18-11-14-5-3-8-17(21)9-14)15-6-4-7-16(10-15)19-13(2)20/h4,6-7,10,12,14,17-18,21H,3,5,8-9,11H2,1-2H3,(H,19,20). The van der Waals surface area contributed by atoms with Gasteiger partial charge in [0.05, 0.1) is 6.10 Å². The molecule has 3 N–H and O–H groups in total. The predicted octanol–water partition coefficient (Wildman–Crippen LogP) is 2.85. The van der Waals surface area contributed by atoms with Crippen molar-refractivity contribution in [2.24, 2.45) is 5.92 Å². The molecule has 0 bridgehead atoms. The Labute approximate surface area is 126 Å². The number of aliphatic hydroxyl groups excluding tert-OH is 1. The van der Waals surface area contributed by atoms with E-state index in [1.165, 1.54) is 13.3 Å². The molecule has 1 aromatic carbocycles. The van der Waals surface area contributed by atoms with Crippen molar-refractivity contribution in [3.8, 4) is 0 Å². The molecule has 0 spiro atoms. The molecule has 4 heteroatoms. The first kappa shape index (κ1) is 16.0. The molecule has 0 aromatic heterocycles. The Bertz CT molecular complexity index is 476. The zero-order valence-electron chi connectivity index (χ0n) is 12.9. The Kier molecular flexibility index (Phi) is 5.76. The second-order valence-electron chi connectivity index (χ2n) is 6.12. The van der Waals surface area contributed by atoms with Crippen molar-refractivity contribution in [3.63, 3.8) is 0 Å². The van der Waals surface area contributed by atoms with Crippen molar-refractivity contribution in [3.05, 3.63) is 29.8 Å². The highest BCUT2D eigenvalue weighted by Crippen LogP contribution is 2.24. The van der Waals surface area contributed by atoms with Gasteiger partial charge in [0, 0.05) is 18.7 Å². The minimum absolute atomic E-state index is 0.0519. The van der Waals surface area contributed by atoms with Gasteiger partial charge in [0.25, 0.3) is 0 Å². The lowest BCUT2D eigenvalue weighted by Crippen LogP contribution is -2.30. The maximum Gasteiger partial charge on any atom is 0.221 e. The fourth-order valence-electron chi connectivity index (χ4n) is 3.00. The average Bonchev–Trinajstić information content (AvgIpc) is 2.44. The topological polar surface area (TPSA) is 61.4 Å². The molecule has 116 valence electrons. The lowest BCUT2D eigenvalue weighted by molar-refractivity contribution is -0.114. The third-order valence-electron chi connectivity index (χ3n) is 4.17. The highest BCUT2D eigenvalue weighted by molar-refractivity contribution is 5.88. The quantitative estimate of drug-likeness (QED) is 0.781. The van der Waals surface area contributed by atoms with Crippen LogP contribution in [0.5, 0.6) is 0 Å². The monoisotopic (exact) mass is 290 g/mol. The summed E-state index contributed by atoms with van der Waals surface area (Å²) in [5, 5.41) is 16.1. The molecule has 1 aliphatic carbocycles. The van der Waals surface area contributed by atoms with Crippen LogP contribution in [-0.2, 0) is 4.79 Å². The summed E-state index contributed by atoms with van der Waals surface area (Å²) in [6.45, 7) is 4.58. The molecule has 3 atom stereocenters. The number of anilines is 1. The second-order valence-corrected chi connectivity index (χ2v) is 6.12. The predicted molar refractivity (Wildman–Crippen MR) is 85.1 cm³/mol. The summed E-state index contributed by atoms with van der Waals surface area (Å²) < 4.78 is 0. The van der Waals surface area contributed by atoms with E-state index >= 15 is 0 Å². The second kappa shape index (κ2) is 7.57. The molecule has 0 radical (unpaired) electrons. The van der Waals surface area contributed by atoms with Gasteiger partial charge in [-0.1, -0.05) is 18.6 Å². The minimum atomic E-state index is -0.121. The smallest absolute Gasteiger partial charge is 0.221 e. The Morgan fingerprint density at radius 2 is 2.24 bits per heavy atom. The van der Waals surface area contributed by atoms with Crippen LogP contribution < -0.4 is 10.6 Å². The van der Waals surface area contributed by atoms with Gasteiger partial charge in [0.15, 0.2) is 0 Å². The van der Waals surface area contributed by atoms with Crippen LogP contribution in [0, 0.1) is 5.92 Å². The number of carbonyl (C=O) groups is 1. The van der Waals surface area contributed by atoms with Crippen molar-refractivity contribution >= 4 is 11.6 Å². The summed E-state index contributed by atoms with van der Waals surface area (Å²) in [5.74, 6) is 0.513. The third-order valence-corrected chi connectivity index (χ3v) is 4.17.